The summed E-state index contributed by atoms with van der Waals surface area (Å²) < 4.78 is 0. The molecule has 0 bridgehead atoms. The van der Waals surface area contributed by atoms with Crippen LogP contribution in [-0.4, -0.2) is 48.8 Å². The Hall–Kier alpha value is -0.120. The summed E-state index contributed by atoms with van der Waals surface area (Å²) in [5.41, 5.74) is -0.648. The Bertz CT molecular complexity index is 169. The van der Waals surface area contributed by atoms with Crippen molar-refractivity contribution in [3.8, 4) is 0 Å². The van der Waals surface area contributed by atoms with Gasteiger partial charge < -0.3 is 15.3 Å². The van der Waals surface area contributed by atoms with Gasteiger partial charge in [-0.05, 0) is 33.9 Å². The van der Waals surface area contributed by atoms with Gasteiger partial charge in [0, 0.05) is 19.1 Å². The summed E-state index contributed by atoms with van der Waals surface area (Å²) in [7, 11) is 3.96. The molecule has 0 aromatic heterocycles. The third-order valence-electron chi connectivity index (χ3n) is 2.96. The van der Waals surface area contributed by atoms with E-state index in [1.807, 2.05) is 25.9 Å². The van der Waals surface area contributed by atoms with Gasteiger partial charge in [-0.15, -0.1) is 0 Å². The molecule has 3 atom stereocenters. The molecule has 0 heterocycles. The first-order valence-corrected chi connectivity index (χ1v) is 5.89. The molecule has 0 saturated carbocycles. The van der Waals surface area contributed by atoms with Crippen LogP contribution in [0.4, 0.5) is 0 Å². The minimum atomic E-state index is -0.648. The molecule has 0 radical (unpaired) electrons. The first-order valence-electron chi connectivity index (χ1n) is 5.89. The first kappa shape index (κ1) is 14.9. The van der Waals surface area contributed by atoms with Crippen LogP contribution in [0.3, 0.4) is 0 Å². The maximum Gasteiger partial charge on any atom is 0.0869 e. The van der Waals surface area contributed by atoms with Crippen molar-refractivity contribution in [1.29, 1.82) is 0 Å². The summed E-state index contributed by atoms with van der Waals surface area (Å²) in [4.78, 5) is 2.01. The Balaban J connectivity index is 3.92. The van der Waals surface area contributed by atoms with Crippen LogP contribution in [0, 0.1) is 5.92 Å². The van der Waals surface area contributed by atoms with E-state index in [-0.39, 0.29) is 0 Å². The summed E-state index contributed by atoms with van der Waals surface area (Å²) in [5.74, 6) is 0.653. The van der Waals surface area contributed by atoms with Crippen molar-refractivity contribution in [3.05, 3.63) is 0 Å². The van der Waals surface area contributed by atoms with Gasteiger partial charge in [0.05, 0.1) is 5.60 Å². The highest BCUT2D eigenvalue weighted by Crippen LogP contribution is 2.09. The first-order chi connectivity index (χ1) is 6.78. The van der Waals surface area contributed by atoms with Crippen LogP contribution in [0.2, 0.25) is 0 Å². The van der Waals surface area contributed by atoms with Crippen LogP contribution >= 0.6 is 0 Å². The van der Waals surface area contributed by atoms with E-state index in [9.17, 15) is 5.11 Å². The Labute approximate surface area is 94.9 Å². The summed E-state index contributed by atoms with van der Waals surface area (Å²) >= 11 is 0. The normalized spacial score (nSPS) is 20.0. The Morgan fingerprint density at radius 1 is 1.33 bits per heavy atom. The van der Waals surface area contributed by atoms with Crippen LogP contribution in [0.5, 0.6) is 0 Å². The minimum Gasteiger partial charge on any atom is -0.388 e. The van der Waals surface area contributed by atoms with E-state index < -0.39 is 5.60 Å². The van der Waals surface area contributed by atoms with Crippen LogP contribution in [0.1, 0.15) is 34.1 Å². The SMILES string of the molecule is CCC(C)C(C)NCC(C)(O)CN(C)C. The summed E-state index contributed by atoms with van der Waals surface area (Å²) in [6.45, 7) is 9.83. The molecular formula is C12H28N2O. The lowest BCUT2D eigenvalue weighted by Gasteiger charge is -2.30. The van der Waals surface area contributed by atoms with E-state index in [2.05, 4.69) is 26.1 Å². The zero-order chi connectivity index (χ0) is 12.1. The molecule has 0 aliphatic rings. The fourth-order valence-corrected chi connectivity index (χ4v) is 1.67. The number of aliphatic hydroxyl groups is 1. The highest BCUT2D eigenvalue weighted by Gasteiger charge is 2.22. The summed E-state index contributed by atoms with van der Waals surface area (Å²) in [6, 6.07) is 0.462. The van der Waals surface area contributed by atoms with Gasteiger partial charge in [0.25, 0.3) is 0 Å². The zero-order valence-electron chi connectivity index (χ0n) is 11.2. The van der Waals surface area contributed by atoms with Gasteiger partial charge in [-0.25, -0.2) is 0 Å². The molecular weight excluding hydrogens is 188 g/mol. The second-order valence-corrected chi connectivity index (χ2v) is 5.29. The molecule has 0 spiro atoms. The summed E-state index contributed by atoms with van der Waals surface area (Å²) in [5, 5.41) is 13.5. The van der Waals surface area contributed by atoms with Crippen molar-refractivity contribution in [2.75, 3.05) is 27.2 Å². The second kappa shape index (κ2) is 6.46. The molecule has 0 amide bonds. The Morgan fingerprint density at radius 3 is 2.27 bits per heavy atom. The molecule has 0 saturated heterocycles. The monoisotopic (exact) mass is 216 g/mol. The lowest BCUT2D eigenvalue weighted by molar-refractivity contribution is 0.0302. The molecule has 92 valence electrons. The zero-order valence-corrected chi connectivity index (χ0v) is 11.2. The molecule has 2 N–H and O–H groups in total. The molecule has 0 rings (SSSR count). The molecule has 3 heteroatoms. The lowest BCUT2D eigenvalue weighted by Crippen LogP contribution is -2.48. The molecule has 15 heavy (non-hydrogen) atoms. The van der Waals surface area contributed by atoms with E-state index in [4.69, 9.17) is 0 Å². The summed E-state index contributed by atoms with van der Waals surface area (Å²) in [6.07, 6.45) is 1.17. The predicted molar refractivity (Wildman–Crippen MR) is 66.1 cm³/mol. The highest BCUT2D eigenvalue weighted by atomic mass is 16.3. The second-order valence-electron chi connectivity index (χ2n) is 5.29. The lowest BCUT2D eigenvalue weighted by atomic mass is 9.99. The largest absolute Gasteiger partial charge is 0.388 e. The number of nitrogens with one attached hydrogen (secondary N) is 1. The average molecular weight is 216 g/mol. The quantitative estimate of drug-likeness (QED) is 0.674. The van der Waals surface area contributed by atoms with Gasteiger partial charge in [-0.3, -0.25) is 0 Å². The van der Waals surface area contributed by atoms with Crippen molar-refractivity contribution < 1.29 is 5.11 Å². The number of hydrogen-bond donors (Lipinski definition) is 2. The van der Waals surface area contributed by atoms with Gasteiger partial charge in [-0.1, -0.05) is 20.3 Å². The van der Waals surface area contributed by atoms with Crippen LogP contribution in [0.15, 0.2) is 0 Å². The average Bonchev–Trinajstić information content (AvgIpc) is 2.11. The molecule has 0 aliphatic carbocycles. The van der Waals surface area contributed by atoms with Crippen molar-refractivity contribution in [1.82, 2.24) is 10.2 Å². The minimum absolute atomic E-state index is 0.462. The van der Waals surface area contributed by atoms with E-state index in [0.717, 1.165) is 0 Å². The smallest absolute Gasteiger partial charge is 0.0869 e. The molecule has 3 unspecified atom stereocenters. The van der Waals surface area contributed by atoms with Crippen molar-refractivity contribution in [2.24, 2.45) is 5.92 Å². The number of hydrogen-bond acceptors (Lipinski definition) is 3. The van der Waals surface area contributed by atoms with Gasteiger partial charge in [0.15, 0.2) is 0 Å². The fraction of sp³-hybridized carbons (Fsp3) is 1.00. The third-order valence-corrected chi connectivity index (χ3v) is 2.96. The Kier molecular flexibility index (Phi) is 6.41. The van der Waals surface area contributed by atoms with Crippen LogP contribution in [0.25, 0.3) is 0 Å². The van der Waals surface area contributed by atoms with Crippen molar-refractivity contribution in [2.45, 2.75) is 45.8 Å². The highest BCUT2D eigenvalue weighted by molar-refractivity contribution is 4.80. The van der Waals surface area contributed by atoms with Gasteiger partial charge in [-0.2, -0.15) is 0 Å². The van der Waals surface area contributed by atoms with Crippen LogP contribution < -0.4 is 5.32 Å². The Morgan fingerprint density at radius 2 is 1.87 bits per heavy atom. The molecule has 0 aromatic rings. The van der Waals surface area contributed by atoms with Crippen molar-refractivity contribution >= 4 is 0 Å². The van der Waals surface area contributed by atoms with E-state index >= 15 is 0 Å². The third kappa shape index (κ3) is 6.88. The standard InChI is InChI=1S/C12H28N2O/c1-7-10(2)11(3)13-8-12(4,15)9-14(5)6/h10-11,13,15H,7-9H2,1-6H3. The molecule has 0 aromatic carbocycles. The van der Waals surface area contributed by atoms with Gasteiger partial charge in [0.1, 0.15) is 0 Å². The van der Waals surface area contributed by atoms with E-state index in [0.29, 0.717) is 25.0 Å². The maximum atomic E-state index is 10.1. The van der Waals surface area contributed by atoms with Crippen LogP contribution in [-0.2, 0) is 0 Å². The molecule has 0 aliphatic heterocycles. The van der Waals surface area contributed by atoms with Gasteiger partial charge >= 0.3 is 0 Å². The van der Waals surface area contributed by atoms with Crippen molar-refractivity contribution in [3.63, 3.8) is 0 Å². The molecule has 3 nitrogen and oxygen atoms in total. The molecule has 0 fully saturated rings. The van der Waals surface area contributed by atoms with Gasteiger partial charge in [0.2, 0.25) is 0 Å². The number of rotatable bonds is 7. The fourth-order valence-electron chi connectivity index (χ4n) is 1.67. The van der Waals surface area contributed by atoms with E-state index in [1.165, 1.54) is 6.42 Å². The maximum absolute atomic E-state index is 10.1. The topological polar surface area (TPSA) is 35.5 Å². The number of nitrogens with zero attached hydrogens (tertiary/aromatic N) is 1. The number of likely N-dealkylation sites (N-methyl/N-ethyl adjacent to an activating group) is 1. The van der Waals surface area contributed by atoms with E-state index in [1.54, 1.807) is 0 Å². The predicted octanol–water partition coefficient (Wildman–Crippen LogP) is 1.32.